The summed E-state index contributed by atoms with van der Waals surface area (Å²) in [5.41, 5.74) is 3.76. The number of halogens is 2. The van der Waals surface area contributed by atoms with Crippen molar-refractivity contribution < 1.29 is 9.18 Å². The third-order valence-electron chi connectivity index (χ3n) is 5.13. The van der Waals surface area contributed by atoms with Crippen LogP contribution in [0.1, 0.15) is 39.7 Å². The molecule has 1 aromatic heterocycles. The number of hydrogen-bond acceptors (Lipinski definition) is 4. The van der Waals surface area contributed by atoms with E-state index in [-0.39, 0.29) is 18.0 Å². The van der Waals surface area contributed by atoms with E-state index in [1.165, 1.54) is 12.3 Å². The highest BCUT2D eigenvalue weighted by Crippen LogP contribution is 2.22. The van der Waals surface area contributed by atoms with Gasteiger partial charge in [-0.3, -0.25) is 14.7 Å². The number of carbonyl (C=O) groups excluding carboxylic acids is 1. The average molecular weight is 390 g/mol. The van der Waals surface area contributed by atoms with Gasteiger partial charge in [0, 0.05) is 50.4 Å². The maximum atomic E-state index is 14.2. The number of nitrogens with zero attached hydrogens (tertiary/aromatic N) is 2. The number of piperazine rings is 1. The lowest BCUT2D eigenvalue weighted by Crippen LogP contribution is -2.48. The van der Waals surface area contributed by atoms with Crippen molar-refractivity contribution in [1.29, 1.82) is 0 Å². The number of pyridine rings is 1. The van der Waals surface area contributed by atoms with E-state index in [1.54, 1.807) is 19.1 Å². The highest BCUT2D eigenvalue weighted by atomic mass is 35.5. The number of carbonyl (C=O) groups is 1. The van der Waals surface area contributed by atoms with E-state index in [4.69, 9.17) is 11.6 Å². The second kappa shape index (κ2) is 8.46. The van der Waals surface area contributed by atoms with Crippen LogP contribution in [0.3, 0.4) is 0 Å². The smallest absolute Gasteiger partial charge is 0.168 e. The van der Waals surface area contributed by atoms with Crippen LogP contribution >= 0.6 is 11.6 Å². The molecule has 4 nitrogen and oxygen atoms in total. The number of aryl methyl sites for hydroxylation is 1. The zero-order valence-electron chi connectivity index (χ0n) is 16.0. The summed E-state index contributed by atoms with van der Waals surface area (Å²) in [6.07, 6.45) is 1.66. The van der Waals surface area contributed by atoms with Crippen molar-refractivity contribution in [3.63, 3.8) is 0 Å². The average Bonchev–Trinajstić information content (AvgIpc) is 2.61. The van der Waals surface area contributed by atoms with Gasteiger partial charge in [0.1, 0.15) is 5.82 Å². The van der Waals surface area contributed by atoms with Gasteiger partial charge in [-0.25, -0.2) is 4.39 Å². The van der Waals surface area contributed by atoms with E-state index in [0.717, 1.165) is 36.3 Å². The molecule has 1 aliphatic rings. The minimum absolute atomic E-state index is 0.111. The largest absolute Gasteiger partial charge is 0.312 e. The summed E-state index contributed by atoms with van der Waals surface area (Å²) in [6.45, 7) is 9.38. The van der Waals surface area contributed by atoms with Crippen molar-refractivity contribution in [3.05, 3.63) is 63.2 Å². The first-order valence-corrected chi connectivity index (χ1v) is 9.60. The Kier molecular flexibility index (Phi) is 6.25. The number of aromatic nitrogens is 1. The summed E-state index contributed by atoms with van der Waals surface area (Å²) in [7, 11) is 0. The fourth-order valence-electron chi connectivity index (χ4n) is 3.48. The van der Waals surface area contributed by atoms with Crippen LogP contribution in [0, 0.1) is 19.7 Å². The van der Waals surface area contributed by atoms with Gasteiger partial charge in [-0.1, -0.05) is 11.6 Å². The normalized spacial score (nSPS) is 17.9. The Hall–Kier alpha value is -1.82. The summed E-state index contributed by atoms with van der Waals surface area (Å²) in [5.74, 6) is -0.415. The molecule has 1 fully saturated rings. The van der Waals surface area contributed by atoms with Crippen LogP contribution in [0.15, 0.2) is 24.4 Å². The Labute approximate surface area is 164 Å². The molecular formula is C21H25ClFN3O. The molecule has 1 saturated heterocycles. The van der Waals surface area contributed by atoms with Crippen LogP contribution in [0.4, 0.5) is 4.39 Å². The molecule has 1 atom stereocenters. The zero-order valence-corrected chi connectivity index (χ0v) is 16.7. The fourth-order valence-corrected chi connectivity index (χ4v) is 3.64. The molecule has 0 aliphatic carbocycles. The van der Waals surface area contributed by atoms with Crippen molar-refractivity contribution in [1.82, 2.24) is 15.2 Å². The van der Waals surface area contributed by atoms with Gasteiger partial charge in [-0.15, -0.1) is 0 Å². The molecule has 0 radical (unpaired) electrons. The summed E-state index contributed by atoms with van der Waals surface area (Å²) in [5, 5.41) is 3.87. The third kappa shape index (κ3) is 4.92. The Morgan fingerprint density at radius 3 is 2.78 bits per heavy atom. The number of ketones is 1. The molecule has 6 heteroatoms. The van der Waals surface area contributed by atoms with Gasteiger partial charge in [0.25, 0.3) is 0 Å². The van der Waals surface area contributed by atoms with Crippen molar-refractivity contribution in [3.8, 4) is 0 Å². The summed E-state index contributed by atoms with van der Waals surface area (Å²) < 4.78 is 14.2. The van der Waals surface area contributed by atoms with Crippen LogP contribution in [0.2, 0.25) is 5.02 Å². The molecule has 0 bridgehead atoms. The Morgan fingerprint density at radius 1 is 1.33 bits per heavy atom. The van der Waals surface area contributed by atoms with Gasteiger partial charge < -0.3 is 5.32 Å². The van der Waals surface area contributed by atoms with Gasteiger partial charge >= 0.3 is 0 Å². The van der Waals surface area contributed by atoms with Gasteiger partial charge in [-0.2, -0.15) is 0 Å². The van der Waals surface area contributed by atoms with Gasteiger partial charge in [0.2, 0.25) is 0 Å². The zero-order chi connectivity index (χ0) is 19.6. The number of nitrogens with one attached hydrogen (secondary N) is 1. The summed E-state index contributed by atoms with van der Waals surface area (Å²) >= 11 is 6.08. The van der Waals surface area contributed by atoms with Crippen LogP contribution in [-0.2, 0) is 13.0 Å². The topological polar surface area (TPSA) is 45.2 Å². The van der Waals surface area contributed by atoms with Crippen LogP contribution in [0.5, 0.6) is 0 Å². The summed E-state index contributed by atoms with van der Waals surface area (Å²) in [6, 6.07) is 5.09. The molecule has 1 N–H and O–H groups in total. The van der Waals surface area contributed by atoms with Crippen LogP contribution in [-0.4, -0.2) is 41.3 Å². The van der Waals surface area contributed by atoms with Gasteiger partial charge in [-0.05, 0) is 55.7 Å². The minimum atomic E-state index is -0.304. The molecule has 3 rings (SSSR count). The molecule has 0 amide bonds. The predicted molar refractivity (Wildman–Crippen MR) is 106 cm³/mol. The molecule has 27 heavy (non-hydrogen) atoms. The first kappa shape index (κ1) is 19.9. The van der Waals surface area contributed by atoms with E-state index in [2.05, 4.69) is 22.1 Å². The van der Waals surface area contributed by atoms with E-state index in [9.17, 15) is 9.18 Å². The fraction of sp³-hybridized carbons (Fsp3) is 0.429. The molecule has 1 aliphatic heterocycles. The lowest BCUT2D eigenvalue weighted by molar-refractivity contribution is 0.0992. The minimum Gasteiger partial charge on any atom is -0.312 e. The summed E-state index contributed by atoms with van der Waals surface area (Å²) in [4.78, 5) is 19.1. The van der Waals surface area contributed by atoms with Crippen molar-refractivity contribution >= 4 is 17.4 Å². The second-order valence-electron chi connectivity index (χ2n) is 7.33. The second-order valence-corrected chi connectivity index (χ2v) is 7.74. The lowest BCUT2D eigenvalue weighted by Gasteiger charge is -2.32. The maximum Gasteiger partial charge on any atom is 0.168 e. The van der Waals surface area contributed by atoms with Crippen LogP contribution in [0.25, 0.3) is 0 Å². The first-order valence-electron chi connectivity index (χ1n) is 9.22. The Bertz CT molecular complexity index is 856. The predicted octanol–water partition coefficient (Wildman–Crippen LogP) is 3.71. The van der Waals surface area contributed by atoms with E-state index >= 15 is 0 Å². The molecule has 0 spiro atoms. The maximum absolute atomic E-state index is 14.2. The van der Waals surface area contributed by atoms with Gasteiger partial charge in [0.15, 0.2) is 5.78 Å². The molecule has 0 saturated carbocycles. The van der Waals surface area contributed by atoms with E-state index < -0.39 is 0 Å². The molecule has 2 aromatic rings. The van der Waals surface area contributed by atoms with E-state index in [1.807, 2.05) is 6.92 Å². The lowest BCUT2D eigenvalue weighted by atomic mass is 9.95. The number of benzene rings is 1. The van der Waals surface area contributed by atoms with Crippen molar-refractivity contribution in [2.24, 2.45) is 0 Å². The standard InChI is InChI=1S/C21H25ClFN3O/c1-13-11-26(5-4-24-13)12-18-7-19(23)6-16(14(18)2)9-21(27)17-8-20(22)15(3)25-10-17/h6-8,10,13,24H,4-5,9,11-12H2,1-3H3/t13-/m0/s1. The highest BCUT2D eigenvalue weighted by Gasteiger charge is 2.19. The van der Waals surface area contributed by atoms with Crippen LogP contribution < -0.4 is 5.32 Å². The first-order chi connectivity index (χ1) is 12.8. The number of rotatable bonds is 5. The number of Topliss-reactive ketones (excluding diaryl/α,β-unsaturated/α-hetero) is 1. The third-order valence-corrected chi connectivity index (χ3v) is 5.52. The Balaban J connectivity index is 1.80. The molecule has 2 heterocycles. The molecule has 144 valence electrons. The number of hydrogen-bond donors (Lipinski definition) is 1. The van der Waals surface area contributed by atoms with Crippen molar-refractivity contribution in [2.75, 3.05) is 19.6 Å². The van der Waals surface area contributed by atoms with Gasteiger partial charge in [0.05, 0.1) is 10.7 Å². The highest BCUT2D eigenvalue weighted by molar-refractivity contribution is 6.31. The quantitative estimate of drug-likeness (QED) is 0.792. The molecule has 1 aromatic carbocycles. The molecule has 0 unspecified atom stereocenters. The van der Waals surface area contributed by atoms with Crippen molar-refractivity contribution in [2.45, 2.75) is 39.8 Å². The monoisotopic (exact) mass is 389 g/mol. The molecular weight excluding hydrogens is 365 g/mol. The SMILES string of the molecule is Cc1ncc(C(=O)Cc2cc(F)cc(CN3CCN[C@@H](C)C3)c2C)cc1Cl. The Morgan fingerprint density at radius 2 is 2.07 bits per heavy atom. The van der Waals surface area contributed by atoms with E-state index in [0.29, 0.717) is 28.9 Å².